The predicted octanol–water partition coefficient (Wildman–Crippen LogP) is 3.69. The summed E-state index contributed by atoms with van der Waals surface area (Å²) in [7, 11) is -4.06. The summed E-state index contributed by atoms with van der Waals surface area (Å²) in [5, 5.41) is 0.0943. The molecule has 3 aromatic rings. The molecule has 7 heteroatoms. The van der Waals surface area contributed by atoms with Gasteiger partial charge in [0.15, 0.2) is 0 Å². The molecule has 3 rings (SSSR count). The zero-order valence-corrected chi connectivity index (χ0v) is 15.8. The maximum Gasteiger partial charge on any atom is 0.256 e. The summed E-state index contributed by atoms with van der Waals surface area (Å²) < 4.78 is 40.6. The second-order valence-electron chi connectivity index (χ2n) is 5.96. The van der Waals surface area contributed by atoms with Crippen molar-refractivity contribution >= 4 is 26.6 Å². The molecule has 0 spiro atoms. The summed E-state index contributed by atoms with van der Waals surface area (Å²) >= 11 is 0. The van der Waals surface area contributed by atoms with E-state index in [1.165, 1.54) is 35.4 Å². The third-order valence-electron chi connectivity index (χ3n) is 4.38. The number of benzene rings is 2. The number of hydrogen-bond acceptors (Lipinski definition) is 4. The molecule has 0 saturated carbocycles. The van der Waals surface area contributed by atoms with E-state index in [4.69, 9.17) is 0 Å². The van der Waals surface area contributed by atoms with Gasteiger partial charge in [-0.2, -0.15) is 0 Å². The average molecular weight is 386 g/mol. The SMILES string of the molecule is CCN(CC)C(=O)c1cnc2ccc(F)cc2c1S(=O)(=O)c1ccccc1. The molecule has 5 nitrogen and oxygen atoms in total. The van der Waals surface area contributed by atoms with Gasteiger partial charge < -0.3 is 4.90 Å². The predicted molar refractivity (Wildman–Crippen MR) is 101 cm³/mol. The van der Waals surface area contributed by atoms with Gasteiger partial charge in [-0.3, -0.25) is 9.78 Å². The Morgan fingerprint density at radius 2 is 1.74 bits per heavy atom. The fourth-order valence-electron chi connectivity index (χ4n) is 2.98. The largest absolute Gasteiger partial charge is 0.339 e. The van der Waals surface area contributed by atoms with Gasteiger partial charge in [0.1, 0.15) is 5.82 Å². The standard InChI is InChI=1S/C20H19FN2O3S/c1-3-23(4-2)20(24)17-13-22-18-11-10-14(21)12-16(18)19(17)27(25,26)15-8-6-5-7-9-15/h5-13H,3-4H2,1-2H3. The van der Waals surface area contributed by atoms with Crippen LogP contribution >= 0.6 is 0 Å². The lowest BCUT2D eigenvalue weighted by Gasteiger charge is -2.21. The summed E-state index contributed by atoms with van der Waals surface area (Å²) in [5.41, 5.74) is 0.252. The van der Waals surface area contributed by atoms with Gasteiger partial charge in [0, 0.05) is 24.7 Å². The highest BCUT2D eigenvalue weighted by Crippen LogP contribution is 2.31. The Balaban J connectivity index is 2.38. The van der Waals surface area contributed by atoms with Gasteiger partial charge in [-0.15, -0.1) is 0 Å². The molecule has 140 valence electrons. The topological polar surface area (TPSA) is 67.3 Å². The normalized spacial score (nSPS) is 11.5. The first-order valence-corrected chi connectivity index (χ1v) is 10.1. The maximum atomic E-state index is 13.9. The number of halogens is 1. The first-order valence-electron chi connectivity index (χ1n) is 8.57. The summed E-state index contributed by atoms with van der Waals surface area (Å²) in [4.78, 5) is 18.5. The van der Waals surface area contributed by atoms with Crippen LogP contribution in [0.3, 0.4) is 0 Å². The first kappa shape index (κ1) is 19.0. The van der Waals surface area contributed by atoms with Gasteiger partial charge in [0.2, 0.25) is 9.84 Å². The molecule has 1 aromatic heterocycles. The zero-order chi connectivity index (χ0) is 19.6. The molecule has 0 atom stereocenters. The van der Waals surface area contributed by atoms with E-state index >= 15 is 0 Å². The van der Waals surface area contributed by atoms with Crippen LogP contribution in [0.4, 0.5) is 4.39 Å². The zero-order valence-electron chi connectivity index (χ0n) is 15.0. The molecule has 0 bridgehead atoms. The maximum absolute atomic E-state index is 13.9. The van der Waals surface area contributed by atoms with Crippen molar-refractivity contribution < 1.29 is 17.6 Å². The highest BCUT2D eigenvalue weighted by atomic mass is 32.2. The molecule has 1 heterocycles. The van der Waals surface area contributed by atoms with Crippen LogP contribution < -0.4 is 0 Å². The van der Waals surface area contributed by atoms with Gasteiger partial charge in [-0.25, -0.2) is 12.8 Å². The van der Waals surface area contributed by atoms with Crippen molar-refractivity contribution in [1.29, 1.82) is 0 Å². The summed E-state index contributed by atoms with van der Waals surface area (Å²) in [6, 6.07) is 11.5. The van der Waals surface area contributed by atoms with E-state index in [1.54, 1.807) is 32.0 Å². The molecule has 0 aliphatic rings. The van der Waals surface area contributed by atoms with Crippen LogP contribution in [0.25, 0.3) is 10.9 Å². The number of nitrogens with zero attached hydrogens (tertiary/aromatic N) is 2. The Morgan fingerprint density at radius 3 is 2.37 bits per heavy atom. The molecule has 0 fully saturated rings. The Labute approximate surface area is 157 Å². The van der Waals surface area contributed by atoms with Crippen LogP contribution in [0.15, 0.2) is 64.5 Å². The van der Waals surface area contributed by atoms with Crippen LogP contribution in [-0.4, -0.2) is 37.3 Å². The van der Waals surface area contributed by atoms with E-state index in [0.717, 1.165) is 6.07 Å². The highest BCUT2D eigenvalue weighted by molar-refractivity contribution is 7.91. The number of pyridine rings is 1. The lowest BCUT2D eigenvalue weighted by Crippen LogP contribution is -2.31. The molecule has 2 aromatic carbocycles. The molecular formula is C20H19FN2O3S. The number of aromatic nitrogens is 1. The van der Waals surface area contributed by atoms with Crippen molar-refractivity contribution in [2.45, 2.75) is 23.6 Å². The quantitative estimate of drug-likeness (QED) is 0.671. The monoisotopic (exact) mass is 386 g/mol. The molecule has 0 saturated heterocycles. The van der Waals surface area contributed by atoms with E-state index in [9.17, 15) is 17.6 Å². The smallest absolute Gasteiger partial charge is 0.256 e. The van der Waals surface area contributed by atoms with Crippen LogP contribution in [0, 0.1) is 5.82 Å². The number of rotatable bonds is 5. The Hall–Kier alpha value is -2.80. The van der Waals surface area contributed by atoms with Crippen LogP contribution in [0.2, 0.25) is 0 Å². The van der Waals surface area contributed by atoms with Gasteiger partial charge >= 0.3 is 0 Å². The van der Waals surface area contributed by atoms with E-state index in [2.05, 4.69) is 4.98 Å². The Kier molecular flexibility index (Phi) is 5.23. The fourth-order valence-corrected chi connectivity index (χ4v) is 4.61. The third-order valence-corrected chi connectivity index (χ3v) is 6.25. The van der Waals surface area contributed by atoms with Crippen LogP contribution in [0.5, 0.6) is 0 Å². The van der Waals surface area contributed by atoms with E-state index in [1.807, 2.05) is 0 Å². The molecule has 0 aliphatic heterocycles. The average Bonchev–Trinajstić information content (AvgIpc) is 2.68. The van der Waals surface area contributed by atoms with Crippen LogP contribution in [-0.2, 0) is 9.84 Å². The number of hydrogen-bond donors (Lipinski definition) is 0. The Bertz CT molecular complexity index is 1090. The van der Waals surface area contributed by atoms with Crippen molar-refractivity contribution in [2.75, 3.05) is 13.1 Å². The molecule has 27 heavy (non-hydrogen) atoms. The second-order valence-corrected chi connectivity index (χ2v) is 7.84. The minimum atomic E-state index is -4.06. The lowest BCUT2D eigenvalue weighted by molar-refractivity contribution is 0.0769. The van der Waals surface area contributed by atoms with Crippen LogP contribution in [0.1, 0.15) is 24.2 Å². The number of sulfone groups is 1. The fraction of sp³-hybridized carbons (Fsp3) is 0.200. The molecule has 0 radical (unpaired) electrons. The molecule has 1 amide bonds. The first-order chi connectivity index (χ1) is 12.9. The van der Waals surface area contributed by atoms with Crippen molar-refractivity contribution in [2.24, 2.45) is 0 Å². The molecule has 0 unspecified atom stereocenters. The summed E-state index contributed by atoms with van der Waals surface area (Å²) in [6.07, 6.45) is 1.26. The minimum Gasteiger partial charge on any atom is -0.339 e. The van der Waals surface area contributed by atoms with Gasteiger partial charge in [0.05, 0.1) is 20.9 Å². The van der Waals surface area contributed by atoms with Gasteiger partial charge in [0.25, 0.3) is 5.91 Å². The number of fused-ring (bicyclic) bond motifs is 1. The van der Waals surface area contributed by atoms with Crippen molar-refractivity contribution in [3.05, 3.63) is 66.1 Å². The highest BCUT2D eigenvalue weighted by Gasteiger charge is 2.29. The molecule has 0 N–H and O–H groups in total. The van der Waals surface area contributed by atoms with E-state index in [-0.39, 0.29) is 20.7 Å². The van der Waals surface area contributed by atoms with E-state index in [0.29, 0.717) is 18.6 Å². The minimum absolute atomic E-state index is 0.0374. The summed E-state index contributed by atoms with van der Waals surface area (Å²) in [5.74, 6) is -1.05. The second kappa shape index (κ2) is 7.44. The van der Waals surface area contributed by atoms with Crippen molar-refractivity contribution in [3.8, 4) is 0 Å². The number of amides is 1. The van der Waals surface area contributed by atoms with Gasteiger partial charge in [-0.05, 0) is 44.2 Å². The van der Waals surface area contributed by atoms with Gasteiger partial charge in [-0.1, -0.05) is 18.2 Å². The summed E-state index contributed by atoms with van der Waals surface area (Å²) in [6.45, 7) is 4.45. The number of carbonyl (C=O) groups excluding carboxylic acids is 1. The Morgan fingerprint density at radius 1 is 1.07 bits per heavy atom. The van der Waals surface area contributed by atoms with Crippen molar-refractivity contribution in [3.63, 3.8) is 0 Å². The lowest BCUT2D eigenvalue weighted by atomic mass is 10.1. The van der Waals surface area contributed by atoms with Crippen molar-refractivity contribution in [1.82, 2.24) is 9.88 Å². The number of carbonyl (C=O) groups is 1. The third kappa shape index (κ3) is 3.42. The van der Waals surface area contributed by atoms with E-state index < -0.39 is 21.6 Å². The molecular weight excluding hydrogens is 367 g/mol. The molecule has 0 aliphatic carbocycles.